The van der Waals surface area contributed by atoms with Gasteiger partial charge < -0.3 is 10.1 Å². The molecule has 0 heterocycles. The van der Waals surface area contributed by atoms with Crippen LogP contribution in [0.25, 0.3) is 0 Å². The number of hydrogen-bond acceptors (Lipinski definition) is 4. The maximum atomic E-state index is 13.1. The van der Waals surface area contributed by atoms with Crippen molar-refractivity contribution in [3.05, 3.63) is 29.8 Å². The van der Waals surface area contributed by atoms with Crippen LogP contribution in [0.2, 0.25) is 0 Å². The van der Waals surface area contributed by atoms with Gasteiger partial charge in [-0.3, -0.25) is 4.79 Å². The van der Waals surface area contributed by atoms with Crippen molar-refractivity contribution in [2.45, 2.75) is 31.2 Å². The molecule has 0 bridgehead atoms. The van der Waals surface area contributed by atoms with Crippen molar-refractivity contribution in [3.8, 4) is 0 Å². The Bertz CT molecular complexity index is 443. The number of rotatable bonds is 8. The minimum Gasteiger partial charge on any atom is -0.465 e. The molecule has 0 amide bonds. The van der Waals surface area contributed by atoms with E-state index >= 15 is 0 Å². The van der Waals surface area contributed by atoms with Crippen LogP contribution in [0, 0.1) is 11.6 Å². The zero-order valence-electron chi connectivity index (χ0n) is 11.6. The second kappa shape index (κ2) is 8.92. The summed E-state index contributed by atoms with van der Waals surface area (Å²) in [4.78, 5) is 12.3. The minimum absolute atomic E-state index is 0.318. The van der Waals surface area contributed by atoms with Gasteiger partial charge in [-0.05, 0) is 38.1 Å². The van der Waals surface area contributed by atoms with E-state index in [9.17, 15) is 13.6 Å². The van der Waals surface area contributed by atoms with Crippen molar-refractivity contribution in [2.75, 3.05) is 18.9 Å². The maximum Gasteiger partial charge on any atom is 0.323 e. The third kappa shape index (κ3) is 5.46. The first-order chi connectivity index (χ1) is 9.58. The van der Waals surface area contributed by atoms with Gasteiger partial charge in [-0.2, -0.15) is 0 Å². The normalized spacial score (nSPS) is 12.2. The highest BCUT2D eigenvalue weighted by Crippen LogP contribution is 2.21. The van der Waals surface area contributed by atoms with E-state index in [1.807, 2.05) is 6.92 Å². The van der Waals surface area contributed by atoms with Gasteiger partial charge in [0.25, 0.3) is 0 Å². The molecule has 0 fully saturated rings. The topological polar surface area (TPSA) is 38.3 Å². The molecule has 1 aromatic carbocycles. The van der Waals surface area contributed by atoms with Crippen LogP contribution in [0.5, 0.6) is 0 Å². The van der Waals surface area contributed by atoms with Gasteiger partial charge in [0.05, 0.1) is 6.61 Å². The first-order valence-electron chi connectivity index (χ1n) is 6.56. The largest absolute Gasteiger partial charge is 0.465 e. The Hall–Kier alpha value is -1.14. The molecule has 0 saturated carbocycles. The molecule has 0 spiro atoms. The first kappa shape index (κ1) is 16.9. The zero-order chi connectivity index (χ0) is 15.0. The number of carbonyl (C=O) groups excluding carboxylic acids is 1. The lowest BCUT2D eigenvalue weighted by Gasteiger charge is -2.16. The number of carbonyl (C=O) groups is 1. The summed E-state index contributed by atoms with van der Waals surface area (Å²) in [6.07, 6.45) is 0.895. The summed E-state index contributed by atoms with van der Waals surface area (Å²) in [5.41, 5.74) is 0. The summed E-state index contributed by atoms with van der Waals surface area (Å²) in [6.45, 7) is 4.76. The molecule has 112 valence electrons. The summed E-state index contributed by atoms with van der Waals surface area (Å²) in [5.74, 6) is -1.68. The van der Waals surface area contributed by atoms with E-state index in [1.54, 1.807) is 6.92 Å². The smallest absolute Gasteiger partial charge is 0.323 e. The maximum absolute atomic E-state index is 13.1. The van der Waals surface area contributed by atoms with Crippen molar-refractivity contribution in [1.82, 2.24) is 5.32 Å². The second-order valence-corrected chi connectivity index (χ2v) is 5.24. The molecular formula is C14H19F2NO2S. The van der Waals surface area contributed by atoms with Crippen molar-refractivity contribution in [3.63, 3.8) is 0 Å². The van der Waals surface area contributed by atoms with E-state index in [-0.39, 0.29) is 5.97 Å². The van der Waals surface area contributed by atoms with Crippen LogP contribution in [0.4, 0.5) is 8.78 Å². The van der Waals surface area contributed by atoms with Gasteiger partial charge in [-0.25, -0.2) is 8.78 Å². The van der Waals surface area contributed by atoms with Crippen LogP contribution in [0.15, 0.2) is 23.1 Å². The molecular weight excluding hydrogens is 284 g/mol. The van der Waals surface area contributed by atoms with Crippen LogP contribution in [-0.4, -0.2) is 30.9 Å². The molecule has 0 aliphatic heterocycles. The summed E-state index contributed by atoms with van der Waals surface area (Å²) < 4.78 is 30.9. The van der Waals surface area contributed by atoms with Gasteiger partial charge in [0.2, 0.25) is 0 Å². The van der Waals surface area contributed by atoms with E-state index < -0.39 is 17.7 Å². The highest BCUT2D eigenvalue weighted by Gasteiger charge is 2.19. The lowest BCUT2D eigenvalue weighted by atomic mass is 10.3. The van der Waals surface area contributed by atoms with Crippen LogP contribution in [-0.2, 0) is 9.53 Å². The third-order valence-corrected chi connectivity index (χ3v) is 3.61. The number of nitrogens with one attached hydrogen (secondary N) is 1. The number of halogens is 2. The van der Waals surface area contributed by atoms with Gasteiger partial charge in [-0.15, -0.1) is 11.8 Å². The predicted octanol–water partition coefficient (Wildman–Crippen LogP) is 2.99. The SMILES string of the molecule is CCCNC(CSc1ccc(F)c(F)c1)C(=O)OCC. The Morgan fingerprint density at radius 1 is 1.35 bits per heavy atom. The molecule has 0 aromatic heterocycles. The molecule has 1 aromatic rings. The van der Waals surface area contributed by atoms with Gasteiger partial charge in [0, 0.05) is 10.6 Å². The average Bonchev–Trinajstić information content (AvgIpc) is 2.43. The molecule has 1 unspecified atom stereocenters. The average molecular weight is 303 g/mol. The van der Waals surface area contributed by atoms with Gasteiger partial charge in [0.1, 0.15) is 6.04 Å². The molecule has 6 heteroatoms. The van der Waals surface area contributed by atoms with E-state index in [0.29, 0.717) is 23.8 Å². The monoisotopic (exact) mass is 303 g/mol. The van der Waals surface area contributed by atoms with Crippen LogP contribution in [0.1, 0.15) is 20.3 Å². The third-order valence-electron chi connectivity index (χ3n) is 2.52. The van der Waals surface area contributed by atoms with Crippen molar-refractivity contribution in [2.24, 2.45) is 0 Å². The van der Waals surface area contributed by atoms with Crippen LogP contribution in [0.3, 0.4) is 0 Å². The Kier molecular flexibility index (Phi) is 7.54. The van der Waals surface area contributed by atoms with Gasteiger partial charge in [-0.1, -0.05) is 6.92 Å². The zero-order valence-corrected chi connectivity index (χ0v) is 12.4. The lowest BCUT2D eigenvalue weighted by molar-refractivity contribution is -0.144. The summed E-state index contributed by atoms with van der Waals surface area (Å²) in [5, 5.41) is 3.09. The van der Waals surface area contributed by atoms with Gasteiger partial charge in [0.15, 0.2) is 11.6 Å². The molecule has 0 aliphatic carbocycles. The van der Waals surface area contributed by atoms with Crippen molar-refractivity contribution in [1.29, 1.82) is 0 Å². The molecule has 1 N–H and O–H groups in total. The van der Waals surface area contributed by atoms with E-state index in [4.69, 9.17) is 4.74 Å². The fourth-order valence-corrected chi connectivity index (χ4v) is 2.48. The predicted molar refractivity (Wildman–Crippen MR) is 75.8 cm³/mol. The van der Waals surface area contributed by atoms with E-state index in [1.165, 1.54) is 17.8 Å². The highest BCUT2D eigenvalue weighted by atomic mass is 32.2. The fourth-order valence-electron chi connectivity index (χ4n) is 1.52. The Balaban J connectivity index is 2.60. The highest BCUT2D eigenvalue weighted by molar-refractivity contribution is 7.99. The van der Waals surface area contributed by atoms with E-state index in [2.05, 4.69) is 5.32 Å². The Morgan fingerprint density at radius 2 is 2.10 bits per heavy atom. The lowest BCUT2D eigenvalue weighted by Crippen LogP contribution is -2.40. The molecule has 1 rings (SSSR count). The summed E-state index contributed by atoms with van der Waals surface area (Å²) in [7, 11) is 0. The van der Waals surface area contributed by atoms with Crippen LogP contribution < -0.4 is 5.32 Å². The quantitative estimate of drug-likeness (QED) is 0.592. The molecule has 1 atom stereocenters. The standard InChI is InChI=1S/C14H19F2NO2S/c1-3-7-17-13(14(18)19-4-2)9-20-10-5-6-11(15)12(16)8-10/h5-6,8,13,17H,3-4,7,9H2,1-2H3. The molecule has 0 saturated heterocycles. The molecule has 0 aliphatic rings. The van der Waals surface area contributed by atoms with Crippen molar-refractivity contribution < 1.29 is 18.3 Å². The number of thioether (sulfide) groups is 1. The molecule has 20 heavy (non-hydrogen) atoms. The van der Waals surface area contributed by atoms with Crippen LogP contribution >= 0.6 is 11.8 Å². The number of hydrogen-bond donors (Lipinski definition) is 1. The van der Waals surface area contributed by atoms with E-state index in [0.717, 1.165) is 18.6 Å². The Morgan fingerprint density at radius 3 is 2.70 bits per heavy atom. The number of benzene rings is 1. The first-order valence-corrected chi connectivity index (χ1v) is 7.54. The van der Waals surface area contributed by atoms with Crippen molar-refractivity contribution >= 4 is 17.7 Å². The number of esters is 1. The molecule has 3 nitrogen and oxygen atoms in total. The minimum atomic E-state index is -0.885. The fraction of sp³-hybridized carbons (Fsp3) is 0.500. The second-order valence-electron chi connectivity index (χ2n) is 4.15. The number of ether oxygens (including phenoxy) is 1. The molecule has 0 radical (unpaired) electrons. The summed E-state index contributed by atoms with van der Waals surface area (Å²) in [6, 6.07) is 3.25. The summed E-state index contributed by atoms with van der Waals surface area (Å²) >= 11 is 1.29. The Labute approximate surface area is 122 Å². The van der Waals surface area contributed by atoms with Gasteiger partial charge >= 0.3 is 5.97 Å².